The molecule has 0 amide bonds. The molecular formula is C16H16FN3O. The first-order chi connectivity index (χ1) is 9.99. The summed E-state index contributed by atoms with van der Waals surface area (Å²) in [5.41, 5.74) is 2.48. The maximum absolute atomic E-state index is 14.1. The number of benzene rings is 1. The lowest BCUT2D eigenvalue weighted by atomic mass is 10.0. The molecule has 2 aromatic heterocycles. The van der Waals surface area contributed by atoms with Gasteiger partial charge < -0.3 is 10.1 Å². The van der Waals surface area contributed by atoms with Crippen molar-refractivity contribution in [1.82, 2.24) is 15.0 Å². The van der Waals surface area contributed by atoms with Crippen LogP contribution >= 0.6 is 0 Å². The molecule has 1 aromatic carbocycles. The van der Waals surface area contributed by atoms with E-state index in [4.69, 9.17) is 0 Å². The van der Waals surface area contributed by atoms with Crippen molar-refractivity contribution in [1.29, 1.82) is 0 Å². The first kappa shape index (κ1) is 13.5. The number of H-pyrrole nitrogens is 1. The third-order valence-electron chi connectivity index (χ3n) is 3.54. The molecule has 4 nitrogen and oxygen atoms in total. The van der Waals surface area contributed by atoms with Crippen molar-refractivity contribution in [2.24, 2.45) is 0 Å². The van der Waals surface area contributed by atoms with Gasteiger partial charge in [0.15, 0.2) is 11.7 Å². The number of aromatic amines is 1. The molecule has 5 heteroatoms. The van der Waals surface area contributed by atoms with Crippen LogP contribution in [0.15, 0.2) is 24.4 Å². The Labute approximate surface area is 121 Å². The van der Waals surface area contributed by atoms with Gasteiger partial charge in [-0.2, -0.15) is 0 Å². The average molecular weight is 285 g/mol. The Morgan fingerprint density at radius 1 is 1.24 bits per heavy atom. The lowest BCUT2D eigenvalue weighted by molar-refractivity contribution is 0.462. The van der Waals surface area contributed by atoms with Crippen LogP contribution in [0.1, 0.15) is 31.0 Å². The summed E-state index contributed by atoms with van der Waals surface area (Å²) < 4.78 is 14.1. The predicted octanol–water partition coefficient (Wildman–Crippen LogP) is 3.90. The fraction of sp³-hybridized carbons (Fsp3) is 0.250. The molecule has 0 fully saturated rings. The molecule has 2 N–H and O–H groups in total. The summed E-state index contributed by atoms with van der Waals surface area (Å²) in [6, 6.07) is 4.90. The van der Waals surface area contributed by atoms with Gasteiger partial charge in [0.1, 0.15) is 5.82 Å². The van der Waals surface area contributed by atoms with Crippen LogP contribution in [-0.2, 0) is 0 Å². The van der Waals surface area contributed by atoms with E-state index < -0.39 is 0 Å². The molecule has 3 rings (SSSR count). The van der Waals surface area contributed by atoms with E-state index in [-0.39, 0.29) is 17.6 Å². The molecule has 108 valence electrons. The zero-order chi connectivity index (χ0) is 15.1. The number of aryl methyl sites for hydroxylation is 1. The van der Waals surface area contributed by atoms with Gasteiger partial charge in [-0.3, -0.25) is 0 Å². The molecule has 0 unspecified atom stereocenters. The van der Waals surface area contributed by atoms with Gasteiger partial charge in [-0.05, 0) is 24.5 Å². The first-order valence-electron chi connectivity index (χ1n) is 6.82. The number of hydrogen-bond donors (Lipinski definition) is 2. The lowest BCUT2D eigenvalue weighted by Gasteiger charge is -2.11. The van der Waals surface area contributed by atoms with Gasteiger partial charge in [-0.1, -0.05) is 26.0 Å². The molecule has 2 heterocycles. The molecule has 0 aliphatic carbocycles. The molecule has 21 heavy (non-hydrogen) atoms. The zero-order valence-corrected chi connectivity index (χ0v) is 12.1. The van der Waals surface area contributed by atoms with Crippen molar-refractivity contribution < 1.29 is 9.50 Å². The second kappa shape index (κ2) is 4.84. The normalized spacial score (nSPS) is 11.5. The Hall–Kier alpha value is -2.43. The summed E-state index contributed by atoms with van der Waals surface area (Å²) in [6.07, 6.45) is 1.61. The summed E-state index contributed by atoms with van der Waals surface area (Å²) in [4.78, 5) is 11.6. The van der Waals surface area contributed by atoms with E-state index in [2.05, 4.69) is 15.0 Å². The maximum Gasteiger partial charge on any atom is 0.199 e. The van der Waals surface area contributed by atoms with Gasteiger partial charge in [0, 0.05) is 6.20 Å². The standard InChI is InChI=1S/C16H16FN3O/c1-8(2)14-13-11(7-18-16(13)21)19-15(20-14)12-9(3)5-4-6-10(12)17/h4-8,18,21H,1-3H3. The summed E-state index contributed by atoms with van der Waals surface area (Å²) in [6.45, 7) is 5.79. The summed E-state index contributed by atoms with van der Waals surface area (Å²) in [7, 11) is 0. The average Bonchev–Trinajstić information content (AvgIpc) is 2.79. The van der Waals surface area contributed by atoms with Crippen LogP contribution in [0.3, 0.4) is 0 Å². The number of nitrogens with zero attached hydrogens (tertiary/aromatic N) is 2. The minimum atomic E-state index is -0.344. The van der Waals surface area contributed by atoms with Gasteiger partial charge in [0.25, 0.3) is 0 Å². The highest BCUT2D eigenvalue weighted by Crippen LogP contribution is 2.33. The fourth-order valence-electron chi connectivity index (χ4n) is 2.50. The molecule has 0 aliphatic rings. The fourth-order valence-corrected chi connectivity index (χ4v) is 2.50. The van der Waals surface area contributed by atoms with Crippen LogP contribution in [0.25, 0.3) is 22.3 Å². The number of aromatic nitrogens is 3. The molecule has 0 aliphatic heterocycles. The highest BCUT2D eigenvalue weighted by atomic mass is 19.1. The van der Waals surface area contributed by atoms with Crippen molar-refractivity contribution in [3.8, 4) is 17.3 Å². The molecule has 0 saturated heterocycles. The SMILES string of the molecule is Cc1cccc(F)c1-c1nc(C(C)C)c2c(O)[nH]cc2n1. The largest absolute Gasteiger partial charge is 0.494 e. The second-order valence-corrected chi connectivity index (χ2v) is 5.42. The van der Waals surface area contributed by atoms with Gasteiger partial charge in [-0.15, -0.1) is 0 Å². The Morgan fingerprint density at radius 3 is 2.67 bits per heavy atom. The van der Waals surface area contributed by atoms with E-state index in [0.717, 1.165) is 5.56 Å². The number of nitrogens with one attached hydrogen (secondary N) is 1. The second-order valence-electron chi connectivity index (χ2n) is 5.42. The van der Waals surface area contributed by atoms with E-state index in [9.17, 15) is 9.50 Å². The van der Waals surface area contributed by atoms with Crippen molar-refractivity contribution >= 4 is 10.9 Å². The highest BCUT2D eigenvalue weighted by Gasteiger charge is 2.19. The van der Waals surface area contributed by atoms with Crippen molar-refractivity contribution in [3.63, 3.8) is 0 Å². The molecule has 0 radical (unpaired) electrons. The van der Waals surface area contributed by atoms with Gasteiger partial charge >= 0.3 is 0 Å². The number of aromatic hydroxyl groups is 1. The number of rotatable bonds is 2. The third kappa shape index (κ3) is 2.14. The van der Waals surface area contributed by atoms with Gasteiger partial charge in [0.2, 0.25) is 0 Å². The Kier molecular flexibility index (Phi) is 3.12. The van der Waals surface area contributed by atoms with Crippen LogP contribution in [0.2, 0.25) is 0 Å². The summed E-state index contributed by atoms with van der Waals surface area (Å²) in [5, 5.41) is 10.5. The zero-order valence-electron chi connectivity index (χ0n) is 12.1. The van der Waals surface area contributed by atoms with E-state index in [0.29, 0.717) is 28.0 Å². The van der Waals surface area contributed by atoms with Crippen LogP contribution in [0.5, 0.6) is 5.88 Å². The minimum absolute atomic E-state index is 0.0468. The lowest BCUT2D eigenvalue weighted by Crippen LogP contribution is -2.01. The van der Waals surface area contributed by atoms with E-state index in [1.807, 2.05) is 26.8 Å². The molecule has 0 bridgehead atoms. The van der Waals surface area contributed by atoms with Crippen molar-refractivity contribution in [2.45, 2.75) is 26.7 Å². The number of hydrogen-bond acceptors (Lipinski definition) is 3. The van der Waals surface area contributed by atoms with Crippen LogP contribution in [0, 0.1) is 12.7 Å². The molecule has 0 atom stereocenters. The smallest absolute Gasteiger partial charge is 0.199 e. The van der Waals surface area contributed by atoms with E-state index in [1.165, 1.54) is 6.07 Å². The Balaban J connectivity index is 2.35. The third-order valence-corrected chi connectivity index (χ3v) is 3.54. The van der Waals surface area contributed by atoms with Crippen LogP contribution in [0.4, 0.5) is 4.39 Å². The quantitative estimate of drug-likeness (QED) is 0.750. The highest BCUT2D eigenvalue weighted by molar-refractivity contribution is 5.88. The Bertz CT molecular complexity index is 803. The Morgan fingerprint density at radius 2 is 2.00 bits per heavy atom. The predicted molar refractivity (Wildman–Crippen MR) is 79.8 cm³/mol. The molecule has 0 saturated carbocycles. The first-order valence-corrected chi connectivity index (χ1v) is 6.82. The summed E-state index contributed by atoms with van der Waals surface area (Å²) >= 11 is 0. The van der Waals surface area contributed by atoms with E-state index >= 15 is 0 Å². The monoisotopic (exact) mass is 285 g/mol. The molecular weight excluding hydrogens is 269 g/mol. The summed E-state index contributed by atoms with van der Waals surface area (Å²) in [5.74, 6) is 0.137. The molecule has 0 spiro atoms. The minimum Gasteiger partial charge on any atom is -0.494 e. The topological polar surface area (TPSA) is 61.8 Å². The van der Waals surface area contributed by atoms with Gasteiger partial charge in [-0.25, -0.2) is 14.4 Å². The maximum atomic E-state index is 14.1. The van der Waals surface area contributed by atoms with E-state index in [1.54, 1.807) is 12.3 Å². The number of halogens is 1. The van der Waals surface area contributed by atoms with Crippen LogP contribution in [-0.4, -0.2) is 20.1 Å². The van der Waals surface area contributed by atoms with Gasteiger partial charge in [0.05, 0.1) is 22.2 Å². The van der Waals surface area contributed by atoms with Crippen molar-refractivity contribution in [2.75, 3.05) is 0 Å². The molecule has 3 aromatic rings. The van der Waals surface area contributed by atoms with Crippen LogP contribution < -0.4 is 0 Å². The number of fused-ring (bicyclic) bond motifs is 1. The van der Waals surface area contributed by atoms with Crippen molar-refractivity contribution in [3.05, 3.63) is 41.5 Å².